The van der Waals surface area contributed by atoms with Gasteiger partial charge in [-0.2, -0.15) is 0 Å². The number of rotatable bonds is 4. The number of carbonyl (C=O) groups is 1. The largest absolute Gasteiger partial charge is 0.396 e. The zero-order chi connectivity index (χ0) is 17.3. The molecule has 0 spiro atoms. The molecule has 134 valence electrons. The Morgan fingerprint density at radius 2 is 1.92 bits per heavy atom. The van der Waals surface area contributed by atoms with Crippen LogP contribution in [0.4, 0.5) is 0 Å². The van der Waals surface area contributed by atoms with Crippen LogP contribution in [0.2, 0.25) is 4.34 Å². The molecular weight excluding hydrogens is 348 g/mol. The highest BCUT2D eigenvalue weighted by Gasteiger charge is 2.37. The molecule has 0 aliphatic carbocycles. The summed E-state index contributed by atoms with van der Waals surface area (Å²) in [4.78, 5) is 17.6. The number of thiophene rings is 1. The van der Waals surface area contributed by atoms with Crippen LogP contribution in [-0.4, -0.2) is 72.4 Å². The Hall–Kier alpha value is -0.660. The summed E-state index contributed by atoms with van der Waals surface area (Å²) < 4.78 is 6.42. The van der Waals surface area contributed by atoms with Gasteiger partial charge in [-0.25, -0.2) is 0 Å². The van der Waals surface area contributed by atoms with Gasteiger partial charge in [-0.3, -0.25) is 9.69 Å². The van der Waals surface area contributed by atoms with Crippen LogP contribution in [0, 0.1) is 11.8 Å². The van der Waals surface area contributed by atoms with Gasteiger partial charge in [0.15, 0.2) is 0 Å². The number of amides is 1. The Balaban J connectivity index is 1.63. The van der Waals surface area contributed by atoms with Gasteiger partial charge in [0.1, 0.15) is 0 Å². The van der Waals surface area contributed by atoms with Gasteiger partial charge in [0, 0.05) is 45.2 Å². The van der Waals surface area contributed by atoms with E-state index in [1.807, 2.05) is 4.90 Å². The lowest BCUT2D eigenvalue weighted by Gasteiger charge is -2.37. The first kappa shape index (κ1) is 18.1. The third kappa shape index (κ3) is 4.11. The highest BCUT2D eigenvalue weighted by molar-refractivity contribution is 7.17. The second-order valence-corrected chi connectivity index (χ2v) is 8.71. The second-order valence-electron chi connectivity index (χ2n) is 6.99. The third-order valence-electron chi connectivity index (χ3n) is 4.87. The normalized spacial score (nSPS) is 31.6. The fourth-order valence-corrected chi connectivity index (χ4v) is 4.88. The molecule has 2 fully saturated rings. The predicted octanol–water partition coefficient (Wildman–Crippen LogP) is 2.19. The molecule has 2 saturated heterocycles. The predicted molar refractivity (Wildman–Crippen MR) is 95.7 cm³/mol. The maximum absolute atomic E-state index is 12.6. The van der Waals surface area contributed by atoms with E-state index in [9.17, 15) is 9.90 Å². The van der Waals surface area contributed by atoms with E-state index in [1.54, 1.807) is 12.1 Å². The first-order chi connectivity index (χ1) is 11.5. The first-order valence-electron chi connectivity index (χ1n) is 8.49. The van der Waals surface area contributed by atoms with E-state index in [4.69, 9.17) is 16.3 Å². The van der Waals surface area contributed by atoms with Crippen molar-refractivity contribution in [3.8, 4) is 0 Å². The molecule has 1 aromatic rings. The Kier molecular flexibility index (Phi) is 5.82. The quantitative estimate of drug-likeness (QED) is 0.880. The number of aliphatic hydroxyl groups is 1. The standard InChI is InChI=1S/C17H25ClN2O3S/c1-11-5-19(6-12(2)23-11)7-13-8-20(9-14(13)10-21)17(22)15-3-4-16(18)24-15/h3-4,11-14,21H,5-10H2,1-2H3/t11-,12+,13-,14-/m0/s1. The SMILES string of the molecule is C[C@@H]1CN(C[C@H]2CN(C(=O)c3ccc(Cl)s3)C[C@H]2CO)C[C@H](C)O1. The fraction of sp³-hybridized carbons (Fsp3) is 0.706. The van der Waals surface area contributed by atoms with Crippen molar-refractivity contribution in [2.45, 2.75) is 26.1 Å². The van der Waals surface area contributed by atoms with Crippen LogP contribution in [0.3, 0.4) is 0 Å². The van der Waals surface area contributed by atoms with E-state index in [0.29, 0.717) is 28.2 Å². The van der Waals surface area contributed by atoms with Gasteiger partial charge in [0.2, 0.25) is 0 Å². The van der Waals surface area contributed by atoms with Crippen LogP contribution in [0.25, 0.3) is 0 Å². The van der Waals surface area contributed by atoms with Gasteiger partial charge in [-0.1, -0.05) is 11.6 Å². The van der Waals surface area contributed by atoms with Crippen molar-refractivity contribution in [1.29, 1.82) is 0 Å². The zero-order valence-corrected chi connectivity index (χ0v) is 15.7. The van der Waals surface area contributed by atoms with Crippen LogP contribution in [0.15, 0.2) is 12.1 Å². The third-order valence-corrected chi connectivity index (χ3v) is 6.09. The van der Waals surface area contributed by atoms with Gasteiger partial charge >= 0.3 is 0 Å². The lowest BCUT2D eigenvalue weighted by Crippen LogP contribution is -2.48. The fourth-order valence-electron chi connectivity index (χ4n) is 3.87. The number of nitrogens with zero attached hydrogens (tertiary/aromatic N) is 2. The van der Waals surface area contributed by atoms with E-state index >= 15 is 0 Å². The molecule has 2 aliphatic heterocycles. The van der Waals surface area contributed by atoms with E-state index in [2.05, 4.69) is 18.7 Å². The number of aliphatic hydroxyl groups excluding tert-OH is 1. The molecular formula is C17H25ClN2O3S. The van der Waals surface area contributed by atoms with Crippen molar-refractivity contribution in [2.24, 2.45) is 11.8 Å². The summed E-state index contributed by atoms with van der Waals surface area (Å²) >= 11 is 7.25. The molecule has 5 nitrogen and oxygen atoms in total. The Bertz CT molecular complexity index is 572. The monoisotopic (exact) mass is 372 g/mol. The van der Waals surface area contributed by atoms with E-state index in [1.165, 1.54) is 11.3 Å². The average Bonchev–Trinajstić information content (AvgIpc) is 3.12. The molecule has 24 heavy (non-hydrogen) atoms. The number of ether oxygens (including phenoxy) is 1. The molecule has 1 amide bonds. The van der Waals surface area contributed by atoms with Gasteiger partial charge < -0.3 is 14.7 Å². The summed E-state index contributed by atoms with van der Waals surface area (Å²) in [5.74, 6) is 0.460. The topological polar surface area (TPSA) is 53.0 Å². The van der Waals surface area contributed by atoms with Crippen molar-refractivity contribution in [3.63, 3.8) is 0 Å². The maximum atomic E-state index is 12.6. The second kappa shape index (κ2) is 7.70. The Morgan fingerprint density at radius 1 is 1.25 bits per heavy atom. The minimum absolute atomic E-state index is 0.0246. The Morgan fingerprint density at radius 3 is 2.50 bits per heavy atom. The molecule has 0 saturated carbocycles. The van der Waals surface area contributed by atoms with Crippen molar-refractivity contribution in [1.82, 2.24) is 9.80 Å². The highest BCUT2D eigenvalue weighted by Crippen LogP contribution is 2.29. The number of carbonyl (C=O) groups excluding carboxylic acids is 1. The van der Waals surface area contributed by atoms with Crippen LogP contribution < -0.4 is 0 Å². The lowest BCUT2D eigenvalue weighted by molar-refractivity contribution is -0.0726. The number of likely N-dealkylation sites (tertiary alicyclic amines) is 1. The zero-order valence-electron chi connectivity index (χ0n) is 14.2. The van der Waals surface area contributed by atoms with Crippen LogP contribution in [0.5, 0.6) is 0 Å². The smallest absolute Gasteiger partial charge is 0.263 e. The summed E-state index contributed by atoms with van der Waals surface area (Å²) in [5.41, 5.74) is 0. The molecule has 4 atom stereocenters. The summed E-state index contributed by atoms with van der Waals surface area (Å²) in [6.07, 6.45) is 0.461. The number of hydrogen-bond donors (Lipinski definition) is 1. The minimum Gasteiger partial charge on any atom is -0.396 e. The van der Waals surface area contributed by atoms with Crippen LogP contribution in [0.1, 0.15) is 23.5 Å². The van der Waals surface area contributed by atoms with Gasteiger partial charge in [-0.15, -0.1) is 11.3 Å². The molecule has 0 unspecified atom stereocenters. The van der Waals surface area contributed by atoms with Crippen molar-refractivity contribution in [2.75, 3.05) is 39.3 Å². The molecule has 1 aromatic heterocycles. The Labute approximate surface area is 152 Å². The highest BCUT2D eigenvalue weighted by atomic mass is 35.5. The molecule has 3 heterocycles. The molecule has 3 rings (SSSR count). The summed E-state index contributed by atoms with van der Waals surface area (Å²) in [7, 11) is 0. The number of hydrogen-bond acceptors (Lipinski definition) is 5. The van der Waals surface area contributed by atoms with E-state index < -0.39 is 0 Å². The average molecular weight is 373 g/mol. The van der Waals surface area contributed by atoms with E-state index in [-0.39, 0.29) is 30.6 Å². The molecule has 7 heteroatoms. The molecule has 0 aromatic carbocycles. The van der Waals surface area contributed by atoms with Crippen molar-refractivity contribution >= 4 is 28.8 Å². The molecule has 1 N–H and O–H groups in total. The molecule has 0 radical (unpaired) electrons. The van der Waals surface area contributed by atoms with E-state index in [0.717, 1.165) is 19.6 Å². The van der Waals surface area contributed by atoms with Gasteiger partial charge in [0.05, 0.1) is 21.4 Å². The van der Waals surface area contributed by atoms with Crippen molar-refractivity contribution in [3.05, 3.63) is 21.3 Å². The van der Waals surface area contributed by atoms with Gasteiger partial charge in [0.25, 0.3) is 5.91 Å². The van der Waals surface area contributed by atoms with Crippen molar-refractivity contribution < 1.29 is 14.6 Å². The number of halogens is 1. The lowest BCUT2D eigenvalue weighted by atomic mass is 9.96. The maximum Gasteiger partial charge on any atom is 0.263 e. The summed E-state index contributed by atoms with van der Waals surface area (Å²) in [5, 5.41) is 9.74. The minimum atomic E-state index is 0.0246. The molecule has 0 bridgehead atoms. The number of morpholine rings is 1. The van der Waals surface area contributed by atoms with Gasteiger partial charge in [-0.05, 0) is 31.9 Å². The molecule has 2 aliphatic rings. The first-order valence-corrected chi connectivity index (χ1v) is 9.69. The van der Waals surface area contributed by atoms with Crippen LogP contribution in [-0.2, 0) is 4.74 Å². The van der Waals surface area contributed by atoms with Crippen LogP contribution >= 0.6 is 22.9 Å². The summed E-state index contributed by atoms with van der Waals surface area (Å²) in [6, 6.07) is 3.54. The summed E-state index contributed by atoms with van der Waals surface area (Å²) in [6.45, 7) is 8.34.